The number of hydrogen-bond donors (Lipinski definition) is 0. The van der Waals surface area contributed by atoms with Crippen LogP contribution in [-0.4, -0.2) is 62.4 Å². The van der Waals surface area contributed by atoms with Gasteiger partial charge >= 0.3 is 0 Å². The van der Waals surface area contributed by atoms with Gasteiger partial charge in [0.15, 0.2) is 5.71 Å². The molecule has 18 heavy (non-hydrogen) atoms. The van der Waals surface area contributed by atoms with E-state index in [1.165, 1.54) is 31.7 Å². The second kappa shape index (κ2) is 8.05. The molecule has 0 aromatic rings. The molecule has 0 N–H and O–H groups in total. The Morgan fingerprint density at radius 3 is 1.61 bits per heavy atom. The van der Waals surface area contributed by atoms with E-state index in [0.29, 0.717) is 0 Å². The Morgan fingerprint density at radius 2 is 1.33 bits per heavy atom. The number of carbonyl (C=O) groups excluding carboxylic acids is 2. The van der Waals surface area contributed by atoms with Crippen molar-refractivity contribution in [2.45, 2.75) is 0 Å². The number of nitrogens with zero attached hydrogens (tertiary/aromatic N) is 3. The molecule has 0 rings (SSSR count). The van der Waals surface area contributed by atoms with E-state index in [2.05, 4.69) is 9.99 Å². The third kappa shape index (κ3) is 6.47. The molecular formula is C12H19N3O3. The van der Waals surface area contributed by atoms with Crippen molar-refractivity contribution >= 4 is 17.3 Å². The number of carbonyl (C=O) groups is 2. The Morgan fingerprint density at radius 1 is 0.944 bits per heavy atom. The van der Waals surface area contributed by atoms with Crippen LogP contribution in [0, 0.1) is 0 Å². The fourth-order valence-corrected chi connectivity index (χ4v) is 0.894. The van der Waals surface area contributed by atoms with Gasteiger partial charge in [0.25, 0.3) is 0 Å². The molecule has 0 radical (unpaired) electrons. The first-order chi connectivity index (χ1) is 8.38. The summed E-state index contributed by atoms with van der Waals surface area (Å²) in [6, 6.07) is 0. The van der Waals surface area contributed by atoms with Crippen molar-refractivity contribution in [2.75, 3.05) is 35.3 Å². The van der Waals surface area contributed by atoms with Crippen LogP contribution >= 0.6 is 0 Å². The smallest absolute Gasteiger partial charge is 0.213 e. The molecular weight excluding hydrogens is 234 g/mol. The zero-order valence-electron chi connectivity index (χ0n) is 11.4. The van der Waals surface area contributed by atoms with Gasteiger partial charge in [0.2, 0.25) is 11.6 Å². The summed E-state index contributed by atoms with van der Waals surface area (Å²) in [5.41, 5.74) is -0.256. The SMILES string of the molecule is CON=C(C(=O)/C=C/N(C)C)C(=O)/C=C/N(C)C. The Kier molecular flexibility index (Phi) is 7.11. The van der Waals surface area contributed by atoms with Crippen molar-refractivity contribution in [3.05, 3.63) is 24.6 Å². The largest absolute Gasteiger partial charge is 0.398 e. The average molecular weight is 253 g/mol. The minimum Gasteiger partial charge on any atom is -0.398 e. The maximum Gasteiger partial charge on any atom is 0.213 e. The number of ketones is 2. The first-order valence-electron chi connectivity index (χ1n) is 5.27. The summed E-state index contributed by atoms with van der Waals surface area (Å²) >= 11 is 0. The molecule has 0 bridgehead atoms. The third-order valence-corrected chi connectivity index (χ3v) is 1.70. The summed E-state index contributed by atoms with van der Waals surface area (Å²) in [5, 5.41) is 3.46. The summed E-state index contributed by atoms with van der Waals surface area (Å²) in [6.07, 6.45) is 5.60. The molecule has 0 aromatic carbocycles. The molecule has 0 atom stereocenters. The van der Waals surface area contributed by atoms with Gasteiger partial charge in [-0.15, -0.1) is 0 Å². The van der Waals surface area contributed by atoms with Crippen molar-refractivity contribution in [1.29, 1.82) is 0 Å². The van der Waals surface area contributed by atoms with E-state index in [0.717, 1.165) is 0 Å². The van der Waals surface area contributed by atoms with Gasteiger partial charge in [0, 0.05) is 52.7 Å². The monoisotopic (exact) mass is 253 g/mol. The molecule has 0 unspecified atom stereocenters. The molecule has 100 valence electrons. The van der Waals surface area contributed by atoms with Crippen LogP contribution in [-0.2, 0) is 14.4 Å². The number of rotatable bonds is 7. The lowest BCUT2D eigenvalue weighted by atomic mass is 10.1. The molecule has 0 aliphatic rings. The van der Waals surface area contributed by atoms with E-state index in [1.54, 1.807) is 38.0 Å². The summed E-state index contributed by atoms with van der Waals surface area (Å²) in [4.78, 5) is 31.3. The minimum absolute atomic E-state index is 0.256. The van der Waals surface area contributed by atoms with Crippen LogP contribution in [0.4, 0.5) is 0 Å². The van der Waals surface area contributed by atoms with Gasteiger partial charge in [-0.25, -0.2) is 0 Å². The van der Waals surface area contributed by atoms with Crippen LogP contribution in [0.25, 0.3) is 0 Å². The van der Waals surface area contributed by atoms with Crippen molar-refractivity contribution in [1.82, 2.24) is 9.80 Å². The fourth-order valence-electron chi connectivity index (χ4n) is 0.894. The molecule has 0 saturated carbocycles. The summed E-state index contributed by atoms with van der Waals surface area (Å²) < 4.78 is 0. The highest BCUT2D eigenvalue weighted by molar-refractivity contribution is 6.70. The highest BCUT2D eigenvalue weighted by Gasteiger charge is 2.16. The van der Waals surface area contributed by atoms with Gasteiger partial charge in [0.1, 0.15) is 7.11 Å². The van der Waals surface area contributed by atoms with E-state index in [-0.39, 0.29) is 5.71 Å². The molecule has 0 aromatic heterocycles. The van der Waals surface area contributed by atoms with Crippen molar-refractivity contribution < 1.29 is 14.4 Å². The topological polar surface area (TPSA) is 62.2 Å². The minimum atomic E-state index is -0.501. The second-order valence-corrected chi connectivity index (χ2v) is 3.91. The Bertz CT molecular complexity index is 350. The zero-order chi connectivity index (χ0) is 14.1. The average Bonchev–Trinajstić information content (AvgIpc) is 2.29. The normalized spacial score (nSPS) is 10.5. The molecule has 0 amide bonds. The first kappa shape index (κ1) is 15.9. The van der Waals surface area contributed by atoms with Crippen LogP contribution in [0.2, 0.25) is 0 Å². The molecule has 0 heterocycles. The molecule has 0 saturated heterocycles. The summed E-state index contributed by atoms with van der Waals surface area (Å²) in [7, 11) is 8.36. The van der Waals surface area contributed by atoms with E-state index in [4.69, 9.17) is 0 Å². The number of oxime groups is 1. The first-order valence-corrected chi connectivity index (χ1v) is 5.27. The van der Waals surface area contributed by atoms with E-state index in [1.807, 2.05) is 0 Å². The quantitative estimate of drug-likeness (QED) is 0.282. The molecule has 0 aliphatic heterocycles. The lowest BCUT2D eigenvalue weighted by Gasteiger charge is -2.04. The van der Waals surface area contributed by atoms with Gasteiger partial charge in [-0.3, -0.25) is 9.59 Å². The van der Waals surface area contributed by atoms with E-state index < -0.39 is 11.6 Å². The predicted octanol–water partition coefficient (Wildman–Crippen LogP) is 0.278. The second-order valence-electron chi connectivity index (χ2n) is 3.91. The van der Waals surface area contributed by atoms with Crippen molar-refractivity contribution in [3.63, 3.8) is 0 Å². The third-order valence-electron chi connectivity index (χ3n) is 1.70. The Hall–Kier alpha value is -2.11. The lowest BCUT2D eigenvalue weighted by Crippen LogP contribution is -2.22. The predicted molar refractivity (Wildman–Crippen MR) is 70.1 cm³/mol. The Labute approximate surface area is 107 Å². The van der Waals surface area contributed by atoms with E-state index in [9.17, 15) is 9.59 Å². The van der Waals surface area contributed by atoms with Gasteiger partial charge in [0.05, 0.1) is 0 Å². The molecule has 0 aliphatic carbocycles. The van der Waals surface area contributed by atoms with Crippen LogP contribution in [0.5, 0.6) is 0 Å². The zero-order valence-corrected chi connectivity index (χ0v) is 11.4. The van der Waals surface area contributed by atoms with Gasteiger partial charge < -0.3 is 14.6 Å². The molecule has 6 nitrogen and oxygen atoms in total. The molecule has 0 spiro atoms. The van der Waals surface area contributed by atoms with Gasteiger partial charge in [-0.2, -0.15) is 0 Å². The Balaban J connectivity index is 4.93. The molecule has 0 fully saturated rings. The highest BCUT2D eigenvalue weighted by atomic mass is 16.6. The summed E-state index contributed by atoms with van der Waals surface area (Å²) in [6.45, 7) is 0. The maximum absolute atomic E-state index is 11.7. The maximum atomic E-state index is 11.7. The summed E-state index contributed by atoms with van der Waals surface area (Å²) in [5.74, 6) is -1.00. The van der Waals surface area contributed by atoms with Crippen LogP contribution < -0.4 is 0 Å². The fraction of sp³-hybridized carbons (Fsp3) is 0.417. The van der Waals surface area contributed by atoms with Crippen LogP contribution in [0.3, 0.4) is 0 Å². The van der Waals surface area contributed by atoms with Crippen LogP contribution in [0.15, 0.2) is 29.7 Å². The standard InChI is InChI=1S/C12H19N3O3/c1-14(2)8-6-10(16)12(13-18-5)11(17)7-9-15(3)4/h6-9H,1-5H3/b8-6+,9-7+. The van der Waals surface area contributed by atoms with Gasteiger partial charge in [-0.05, 0) is 0 Å². The van der Waals surface area contributed by atoms with Crippen molar-refractivity contribution in [3.8, 4) is 0 Å². The highest BCUT2D eigenvalue weighted by Crippen LogP contribution is 1.93. The van der Waals surface area contributed by atoms with Gasteiger partial charge in [-0.1, -0.05) is 5.16 Å². The lowest BCUT2D eigenvalue weighted by molar-refractivity contribution is -0.112. The number of allylic oxidation sites excluding steroid dienone is 2. The van der Waals surface area contributed by atoms with Crippen molar-refractivity contribution in [2.24, 2.45) is 5.16 Å². The molecule has 6 heteroatoms. The van der Waals surface area contributed by atoms with E-state index >= 15 is 0 Å². The number of hydrogen-bond acceptors (Lipinski definition) is 6. The van der Waals surface area contributed by atoms with Crippen LogP contribution in [0.1, 0.15) is 0 Å².